The van der Waals surface area contributed by atoms with E-state index in [0.29, 0.717) is 0 Å². The van der Waals surface area contributed by atoms with Gasteiger partial charge in [-0.05, 0) is 11.6 Å². The Balaban J connectivity index is 1.67. The van der Waals surface area contributed by atoms with E-state index in [2.05, 4.69) is 10.6 Å². The molecular weight excluding hydrogens is 258 g/mol. The van der Waals surface area contributed by atoms with E-state index in [1.54, 1.807) is 0 Å². The van der Waals surface area contributed by atoms with Gasteiger partial charge in [0, 0.05) is 32.6 Å². The number of nitrogens with zero attached hydrogens (tertiary/aromatic N) is 1. The van der Waals surface area contributed by atoms with Crippen molar-refractivity contribution in [1.82, 2.24) is 10.2 Å². The minimum Gasteiger partial charge on any atom is -0.365 e. The number of carbonyl (C=O) groups excluding carboxylic acids is 1. The molecule has 2 aliphatic rings. The quantitative estimate of drug-likeness (QED) is 0.806. The monoisotopic (exact) mass is 271 g/mol. The maximum atomic E-state index is 12.3. The summed E-state index contributed by atoms with van der Waals surface area (Å²) >= 11 is 7.45. The average Bonchev–Trinajstić information content (AvgIpc) is 2.86. The highest BCUT2D eigenvalue weighted by Crippen LogP contribution is 2.37. The second kappa shape index (κ2) is 4.48. The Kier molecular flexibility index (Phi) is 2.98. The lowest BCUT2D eigenvalue weighted by molar-refractivity contribution is -0.132. The third-order valence-electron chi connectivity index (χ3n) is 3.24. The fourth-order valence-corrected chi connectivity index (χ4v) is 3.59. The molecule has 0 saturated carbocycles. The fourth-order valence-electron chi connectivity index (χ4n) is 2.35. The predicted molar refractivity (Wildman–Crippen MR) is 69.9 cm³/mol. The molecule has 0 radical (unpaired) electrons. The van der Waals surface area contributed by atoms with Crippen LogP contribution in [0, 0.1) is 0 Å². The normalized spacial score (nSPS) is 23.4. The zero-order chi connectivity index (χ0) is 11.8. The third-order valence-corrected chi connectivity index (χ3v) is 4.47. The number of nitrogens with one attached hydrogen (secondary N) is 2. The SMILES string of the molecule is O=C(C1Cc2cc(Cl)sc2N1)N1CCNCC1. The van der Waals surface area contributed by atoms with Crippen LogP contribution in [0.5, 0.6) is 0 Å². The molecule has 1 saturated heterocycles. The van der Waals surface area contributed by atoms with Crippen LogP contribution >= 0.6 is 22.9 Å². The van der Waals surface area contributed by atoms with Gasteiger partial charge in [0.05, 0.1) is 9.34 Å². The van der Waals surface area contributed by atoms with Crippen molar-refractivity contribution in [3.63, 3.8) is 0 Å². The largest absolute Gasteiger partial charge is 0.365 e. The summed E-state index contributed by atoms with van der Waals surface area (Å²) in [6, 6.07) is 1.87. The molecule has 4 nitrogen and oxygen atoms in total. The lowest BCUT2D eigenvalue weighted by atomic mass is 10.1. The molecule has 3 heterocycles. The number of halogens is 1. The number of amides is 1. The van der Waals surface area contributed by atoms with Crippen molar-refractivity contribution in [2.24, 2.45) is 0 Å². The van der Waals surface area contributed by atoms with Gasteiger partial charge in [0.15, 0.2) is 0 Å². The van der Waals surface area contributed by atoms with Gasteiger partial charge < -0.3 is 15.5 Å². The first-order valence-corrected chi connectivity index (χ1v) is 6.98. The van der Waals surface area contributed by atoms with Crippen molar-refractivity contribution in [1.29, 1.82) is 0 Å². The smallest absolute Gasteiger partial charge is 0.245 e. The summed E-state index contributed by atoms with van der Waals surface area (Å²) in [7, 11) is 0. The molecule has 0 spiro atoms. The summed E-state index contributed by atoms with van der Waals surface area (Å²) in [6.07, 6.45) is 0.765. The van der Waals surface area contributed by atoms with Crippen LogP contribution in [0.2, 0.25) is 4.34 Å². The Labute approximate surface area is 109 Å². The fraction of sp³-hybridized carbons (Fsp3) is 0.545. The minimum atomic E-state index is -0.0911. The first-order chi connectivity index (χ1) is 8.24. The van der Waals surface area contributed by atoms with E-state index in [0.717, 1.165) is 41.9 Å². The first-order valence-electron chi connectivity index (χ1n) is 5.78. The summed E-state index contributed by atoms with van der Waals surface area (Å²) in [5.74, 6) is 0.214. The van der Waals surface area contributed by atoms with Gasteiger partial charge in [-0.3, -0.25) is 4.79 Å². The summed E-state index contributed by atoms with van der Waals surface area (Å²) in [5, 5.41) is 7.58. The van der Waals surface area contributed by atoms with E-state index in [-0.39, 0.29) is 11.9 Å². The molecule has 17 heavy (non-hydrogen) atoms. The minimum absolute atomic E-state index is 0.0911. The number of carbonyl (C=O) groups is 1. The van der Waals surface area contributed by atoms with E-state index in [4.69, 9.17) is 11.6 Å². The maximum absolute atomic E-state index is 12.3. The Hall–Kier alpha value is -0.780. The van der Waals surface area contributed by atoms with Crippen molar-refractivity contribution in [3.05, 3.63) is 16.0 Å². The van der Waals surface area contributed by atoms with Crippen LogP contribution in [0.3, 0.4) is 0 Å². The van der Waals surface area contributed by atoms with E-state index in [1.807, 2.05) is 11.0 Å². The van der Waals surface area contributed by atoms with Gasteiger partial charge >= 0.3 is 0 Å². The van der Waals surface area contributed by atoms with Gasteiger partial charge in [0.25, 0.3) is 0 Å². The molecule has 1 aromatic heterocycles. The van der Waals surface area contributed by atoms with Crippen LogP contribution in [-0.4, -0.2) is 43.0 Å². The Morgan fingerprint density at radius 1 is 1.47 bits per heavy atom. The van der Waals surface area contributed by atoms with E-state index in [1.165, 1.54) is 16.9 Å². The topological polar surface area (TPSA) is 44.4 Å². The molecule has 1 amide bonds. The Bertz CT molecular complexity index is 418. The molecule has 3 rings (SSSR count). The van der Waals surface area contributed by atoms with Crippen molar-refractivity contribution < 1.29 is 4.79 Å². The molecule has 1 aromatic rings. The molecule has 0 bridgehead atoms. The second-order valence-corrected chi connectivity index (χ2v) is 6.06. The summed E-state index contributed by atoms with van der Waals surface area (Å²) in [4.78, 5) is 14.2. The zero-order valence-corrected chi connectivity index (χ0v) is 10.9. The van der Waals surface area contributed by atoms with Crippen molar-refractivity contribution in [2.45, 2.75) is 12.5 Å². The molecule has 2 N–H and O–H groups in total. The van der Waals surface area contributed by atoms with Gasteiger partial charge in [0.1, 0.15) is 6.04 Å². The molecular formula is C11H14ClN3OS. The molecule has 2 aliphatic heterocycles. The number of hydrogen-bond donors (Lipinski definition) is 2. The van der Waals surface area contributed by atoms with Crippen molar-refractivity contribution in [2.75, 3.05) is 31.5 Å². The average molecular weight is 272 g/mol. The van der Waals surface area contributed by atoms with Gasteiger partial charge in [0.2, 0.25) is 5.91 Å². The van der Waals surface area contributed by atoms with E-state index in [9.17, 15) is 4.79 Å². The number of fused-ring (bicyclic) bond motifs is 1. The zero-order valence-electron chi connectivity index (χ0n) is 9.33. The van der Waals surface area contributed by atoms with Crippen LogP contribution < -0.4 is 10.6 Å². The first kappa shape index (κ1) is 11.3. The lowest BCUT2D eigenvalue weighted by Gasteiger charge is -2.29. The molecule has 0 aromatic carbocycles. The number of rotatable bonds is 1. The van der Waals surface area contributed by atoms with Gasteiger partial charge in [-0.1, -0.05) is 11.6 Å². The highest BCUT2D eigenvalue weighted by molar-refractivity contribution is 7.20. The predicted octanol–water partition coefficient (Wildman–Crippen LogP) is 1.17. The number of anilines is 1. The highest BCUT2D eigenvalue weighted by Gasteiger charge is 2.31. The molecule has 1 fully saturated rings. The van der Waals surface area contributed by atoms with E-state index >= 15 is 0 Å². The van der Waals surface area contributed by atoms with E-state index < -0.39 is 0 Å². The molecule has 92 valence electrons. The van der Waals surface area contributed by atoms with Gasteiger partial charge in [-0.15, -0.1) is 11.3 Å². The highest BCUT2D eigenvalue weighted by atomic mass is 35.5. The van der Waals surface area contributed by atoms with Gasteiger partial charge in [-0.2, -0.15) is 0 Å². The van der Waals surface area contributed by atoms with Crippen LogP contribution in [0.15, 0.2) is 6.07 Å². The molecule has 0 aliphatic carbocycles. The standard InChI is InChI=1S/C11H14ClN3OS/c12-9-6-7-5-8(14-10(7)17-9)11(16)15-3-1-13-2-4-15/h6,8,13-14H,1-5H2. The van der Waals surface area contributed by atoms with Crippen molar-refractivity contribution in [3.8, 4) is 0 Å². The summed E-state index contributed by atoms with van der Waals surface area (Å²) in [5.41, 5.74) is 1.17. The number of piperazine rings is 1. The second-order valence-electron chi connectivity index (χ2n) is 4.38. The summed E-state index contributed by atoms with van der Waals surface area (Å²) < 4.78 is 0.788. The van der Waals surface area contributed by atoms with Crippen LogP contribution in [0.25, 0.3) is 0 Å². The van der Waals surface area contributed by atoms with Crippen molar-refractivity contribution >= 4 is 33.8 Å². The molecule has 6 heteroatoms. The Morgan fingerprint density at radius 3 is 2.94 bits per heavy atom. The summed E-state index contributed by atoms with van der Waals surface area (Å²) in [6.45, 7) is 3.41. The van der Waals surface area contributed by atoms with Crippen LogP contribution in [-0.2, 0) is 11.2 Å². The molecule has 1 atom stereocenters. The maximum Gasteiger partial charge on any atom is 0.245 e. The Morgan fingerprint density at radius 2 is 2.24 bits per heavy atom. The van der Waals surface area contributed by atoms with Gasteiger partial charge in [-0.25, -0.2) is 0 Å². The lowest BCUT2D eigenvalue weighted by Crippen LogP contribution is -2.51. The van der Waals surface area contributed by atoms with Crippen LogP contribution in [0.4, 0.5) is 5.00 Å². The number of hydrogen-bond acceptors (Lipinski definition) is 4. The third kappa shape index (κ3) is 2.14. The molecule has 1 unspecified atom stereocenters. The van der Waals surface area contributed by atoms with Crippen LogP contribution in [0.1, 0.15) is 5.56 Å². The number of thiophene rings is 1.